The molecule has 20 heavy (non-hydrogen) atoms. The molecule has 3 rings (SSSR count). The van der Waals surface area contributed by atoms with Gasteiger partial charge in [-0.05, 0) is 12.5 Å². The number of rotatable bonds is 3. The quantitative estimate of drug-likeness (QED) is 0.495. The highest BCUT2D eigenvalue weighted by atomic mass is 16.6. The molecule has 1 heterocycles. The number of fused-ring (bicyclic) bond motifs is 1. The Bertz CT molecular complexity index is 663. The summed E-state index contributed by atoms with van der Waals surface area (Å²) >= 11 is 0. The number of nitro benzene ring substituents is 1. The molecular weight excluding hydrogens is 268 g/mol. The molecule has 1 aromatic rings. The minimum Gasteiger partial charge on any atom is -0.478 e. The highest BCUT2D eigenvalue weighted by Gasteiger charge is 2.59. The molecule has 0 spiro atoms. The van der Waals surface area contributed by atoms with Gasteiger partial charge in [-0.2, -0.15) is 0 Å². The highest BCUT2D eigenvalue weighted by Crippen LogP contribution is 2.49. The maximum atomic E-state index is 11.9. The van der Waals surface area contributed by atoms with E-state index in [0.29, 0.717) is 6.42 Å². The summed E-state index contributed by atoms with van der Waals surface area (Å²) in [6.07, 6.45) is 0.504. The maximum Gasteiger partial charge on any atom is 0.338 e. The van der Waals surface area contributed by atoms with Crippen LogP contribution in [0.4, 0.5) is 11.4 Å². The minimum absolute atomic E-state index is 0.106. The van der Waals surface area contributed by atoms with E-state index in [9.17, 15) is 24.5 Å². The van der Waals surface area contributed by atoms with Crippen molar-refractivity contribution in [2.75, 3.05) is 4.90 Å². The molecule has 0 radical (unpaired) electrons. The van der Waals surface area contributed by atoms with Crippen molar-refractivity contribution in [2.24, 2.45) is 11.8 Å². The number of amides is 2. The number of hydrogen-bond donors (Lipinski definition) is 1. The van der Waals surface area contributed by atoms with E-state index in [2.05, 4.69) is 0 Å². The standard InChI is InChI=1S/C12H8N2O6/c15-10-6-4-7(6)11(16)13(10)9-2-1-5(14(19)20)3-8(9)12(17)18/h1-3,6-7H,4H2,(H,17,18). The van der Waals surface area contributed by atoms with Gasteiger partial charge in [0, 0.05) is 12.1 Å². The third-order valence-corrected chi connectivity index (χ3v) is 3.53. The van der Waals surface area contributed by atoms with E-state index in [4.69, 9.17) is 5.11 Å². The number of carbonyl (C=O) groups excluding carboxylic acids is 2. The Morgan fingerprint density at radius 3 is 2.40 bits per heavy atom. The van der Waals surface area contributed by atoms with Gasteiger partial charge < -0.3 is 5.11 Å². The average Bonchev–Trinajstić information content (AvgIpc) is 3.14. The number of aromatic carboxylic acids is 1. The summed E-state index contributed by atoms with van der Waals surface area (Å²) in [5.74, 6) is -3.02. The maximum absolute atomic E-state index is 11.9. The highest BCUT2D eigenvalue weighted by molar-refractivity contribution is 6.26. The third-order valence-electron chi connectivity index (χ3n) is 3.53. The molecule has 2 unspecified atom stereocenters. The van der Waals surface area contributed by atoms with Gasteiger partial charge in [-0.3, -0.25) is 19.7 Å². The Labute approximate surface area is 111 Å². The van der Waals surface area contributed by atoms with E-state index in [-0.39, 0.29) is 17.5 Å². The fraction of sp³-hybridized carbons (Fsp3) is 0.250. The van der Waals surface area contributed by atoms with E-state index in [0.717, 1.165) is 23.1 Å². The number of nitro groups is 1. The molecule has 0 aromatic heterocycles. The van der Waals surface area contributed by atoms with E-state index in [1.165, 1.54) is 0 Å². The number of anilines is 1. The van der Waals surface area contributed by atoms with Gasteiger partial charge in [0.15, 0.2) is 0 Å². The molecule has 8 nitrogen and oxygen atoms in total. The second-order valence-corrected chi connectivity index (χ2v) is 4.72. The number of benzene rings is 1. The second kappa shape index (κ2) is 3.86. The monoisotopic (exact) mass is 276 g/mol. The first-order valence-electron chi connectivity index (χ1n) is 5.81. The van der Waals surface area contributed by atoms with Crippen molar-refractivity contribution in [3.63, 3.8) is 0 Å². The lowest BCUT2D eigenvalue weighted by atomic mass is 10.1. The van der Waals surface area contributed by atoms with Crippen LogP contribution in [0.3, 0.4) is 0 Å². The molecular formula is C12H8N2O6. The Balaban J connectivity index is 2.10. The Kier molecular flexibility index (Phi) is 2.37. The molecule has 1 aliphatic carbocycles. The van der Waals surface area contributed by atoms with Crippen LogP contribution in [0.1, 0.15) is 16.8 Å². The summed E-state index contributed by atoms with van der Waals surface area (Å²) < 4.78 is 0. The normalized spacial score (nSPS) is 23.7. The smallest absolute Gasteiger partial charge is 0.338 e. The molecule has 1 saturated heterocycles. The number of piperidine rings is 1. The molecule has 0 bridgehead atoms. The summed E-state index contributed by atoms with van der Waals surface area (Å²) in [5.41, 5.74) is -0.942. The van der Waals surface area contributed by atoms with E-state index < -0.39 is 34.0 Å². The molecule has 8 heteroatoms. The molecule has 102 valence electrons. The number of carboxylic acid groups (broad SMARTS) is 1. The van der Waals surface area contributed by atoms with Crippen LogP contribution in [0, 0.1) is 22.0 Å². The van der Waals surface area contributed by atoms with Crippen molar-refractivity contribution < 1.29 is 24.4 Å². The van der Waals surface area contributed by atoms with Crippen LogP contribution >= 0.6 is 0 Å². The topological polar surface area (TPSA) is 118 Å². The molecule has 2 aliphatic rings. The van der Waals surface area contributed by atoms with Crippen molar-refractivity contribution in [1.29, 1.82) is 0 Å². The minimum atomic E-state index is -1.43. The van der Waals surface area contributed by atoms with Gasteiger partial charge in [-0.1, -0.05) is 0 Å². The zero-order valence-corrected chi connectivity index (χ0v) is 9.98. The third kappa shape index (κ3) is 1.58. The van der Waals surface area contributed by atoms with Crippen molar-refractivity contribution in [2.45, 2.75) is 6.42 Å². The summed E-state index contributed by atoms with van der Waals surface area (Å²) in [4.78, 5) is 45.8. The van der Waals surface area contributed by atoms with Gasteiger partial charge >= 0.3 is 5.97 Å². The fourth-order valence-electron chi connectivity index (χ4n) is 2.42. The van der Waals surface area contributed by atoms with Crippen LogP contribution < -0.4 is 4.90 Å². The number of carbonyl (C=O) groups is 3. The van der Waals surface area contributed by atoms with Gasteiger partial charge in [0.25, 0.3) is 5.69 Å². The molecule has 1 aliphatic heterocycles. The van der Waals surface area contributed by atoms with Gasteiger partial charge in [0.1, 0.15) is 0 Å². The number of non-ortho nitro benzene ring substituents is 1. The van der Waals surface area contributed by atoms with Crippen molar-refractivity contribution in [1.82, 2.24) is 0 Å². The molecule has 1 aromatic carbocycles. The molecule has 1 N–H and O–H groups in total. The van der Waals surface area contributed by atoms with Crippen LogP contribution in [0.2, 0.25) is 0 Å². The Hall–Kier alpha value is -2.77. The van der Waals surface area contributed by atoms with Crippen LogP contribution in [0.25, 0.3) is 0 Å². The predicted octanol–water partition coefficient (Wildman–Crippen LogP) is 0.802. The number of nitrogens with zero attached hydrogens (tertiary/aromatic N) is 2. The number of carboxylic acids is 1. The van der Waals surface area contributed by atoms with E-state index in [1.54, 1.807) is 0 Å². The van der Waals surface area contributed by atoms with E-state index in [1.807, 2.05) is 0 Å². The molecule has 1 saturated carbocycles. The van der Waals surface area contributed by atoms with Crippen LogP contribution in [0.15, 0.2) is 18.2 Å². The summed E-state index contributed by atoms with van der Waals surface area (Å²) in [5, 5.41) is 19.8. The summed E-state index contributed by atoms with van der Waals surface area (Å²) in [6, 6.07) is 3.05. The number of imide groups is 1. The van der Waals surface area contributed by atoms with Gasteiger partial charge in [0.05, 0.1) is 28.0 Å². The molecule has 2 atom stereocenters. The molecule has 2 amide bonds. The second-order valence-electron chi connectivity index (χ2n) is 4.72. The fourth-order valence-corrected chi connectivity index (χ4v) is 2.42. The lowest BCUT2D eigenvalue weighted by Gasteiger charge is -2.18. The van der Waals surface area contributed by atoms with Crippen molar-refractivity contribution in [3.05, 3.63) is 33.9 Å². The first-order chi connectivity index (χ1) is 9.41. The van der Waals surface area contributed by atoms with Crippen LogP contribution in [-0.2, 0) is 9.59 Å². The number of hydrogen-bond acceptors (Lipinski definition) is 5. The van der Waals surface area contributed by atoms with E-state index >= 15 is 0 Å². The van der Waals surface area contributed by atoms with Gasteiger partial charge in [0.2, 0.25) is 11.8 Å². The van der Waals surface area contributed by atoms with Crippen LogP contribution in [-0.4, -0.2) is 27.8 Å². The zero-order chi connectivity index (χ0) is 14.6. The van der Waals surface area contributed by atoms with Crippen molar-refractivity contribution in [3.8, 4) is 0 Å². The predicted molar refractivity (Wildman–Crippen MR) is 64.1 cm³/mol. The SMILES string of the molecule is O=C(O)c1cc([N+](=O)[O-])ccc1N1C(=O)C2CC2C1=O. The summed E-state index contributed by atoms with van der Waals surface area (Å²) in [7, 11) is 0. The lowest BCUT2D eigenvalue weighted by Crippen LogP contribution is -2.34. The first kappa shape index (κ1) is 12.3. The van der Waals surface area contributed by atoms with Crippen LogP contribution in [0.5, 0.6) is 0 Å². The average molecular weight is 276 g/mol. The summed E-state index contributed by atoms with van der Waals surface area (Å²) in [6.45, 7) is 0. The first-order valence-corrected chi connectivity index (χ1v) is 5.81. The Morgan fingerprint density at radius 2 is 1.90 bits per heavy atom. The lowest BCUT2D eigenvalue weighted by molar-refractivity contribution is -0.384. The molecule has 2 fully saturated rings. The zero-order valence-electron chi connectivity index (χ0n) is 9.98. The largest absolute Gasteiger partial charge is 0.478 e. The van der Waals surface area contributed by atoms with Gasteiger partial charge in [-0.15, -0.1) is 0 Å². The van der Waals surface area contributed by atoms with Crippen molar-refractivity contribution >= 4 is 29.2 Å². The van der Waals surface area contributed by atoms with Gasteiger partial charge in [-0.25, -0.2) is 9.69 Å². The Morgan fingerprint density at radius 1 is 1.30 bits per heavy atom.